The number of likely N-dealkylation sites (N-methyl/N-ethyl adjacent to an activating group) is 2. The number of nitrogens with one attached hydrogen (secondary N) is 2. The normalized spacial score (nSPS) is 17.9. The number of hydrogen-bond acceptors (Lipinski definition) is 12. The Balaban J connectivity index is 2.30. The van der Waals surface area contributed by atoms with Crippen LogP contribution in [0.3, 0.4) is 0 Å². The molecule has 0 saturated carbocycles. The van der Waals surface area contributed by atoms with Gasteiger partial charge in [0.25, 0.3) is 0 Å². The highest BCUT2D eigenvalue weighted by Crippen LogP contribution is 2.30. The van der Waals surface area contributed by atoms with Crippen molar-refractivity contribution >= 4 is 41.5 Å². The van der Waals surface area contributed by atoms with Gasteiger partial charge in [-0.1, -0.05) is 85.2 Å². The lowest BCUT2D eigenvalue weighted by atomic mass is 9.89. The molecule has 4 N–H and O–H groups in total. The van der Waals surface area contributed by atoms with E-state index in [0.717, 1.165) is 10.5 Å². The van der Waals surface area contributed by atoms with Crippen molar-refractivity contribution in [3.8, 4) is 0 Å². The van der Waals surface area contributed by atoms with Crippen LogP contribution < -0.4 is 10.6 Å². The first-order valence-corrected chi connectivity index (χ1v) is 22.3. The monoisotopic (exact) mass is 905 g/mol. The fourth-order valence-corrected chi connectivity index (χ4v) is 8.73. The van der Waals surface area contributed by atoms with Crippen LogP contribution in [0.4, 0.5) is 0 Å². The van der Waals surface area contributed by atoms with E-state index in [1.807, 2.05) is 66.6 Å². The number of carboxylic acids is 2. The average Bonchev–Trinajstić information content (AvgIpc) is 3.71. The molecule has 362 valence electrons. The summed E-state index contributed by atoms with van der Waals surface area (Å²) < 4.78 is 17.4. The Bertz CT molecular complexity index is 1650. The van der Waals surface area contributed by atoms with Gasteiger partial charge in [0.1, 0.15) is 18.7 Å². The van der Waals surface area contributed by atoms with Crippen LogP contribution in [-0.2, 0) is 54.2 Å². The largest absolute Gasteiger partial charge is 0.480 e. The number of carbonyl (C=O) groups is 7. The zero-order chi connectivity index (χ0) is 48.4. The molecule has 9 atom stereocenters. The van der Waals surface area contributed by atoms with Gasteiger partial charge >= 0.3 is 17.9 Å². The van der Waals surface area contributed by atoms with Crippen molar-refractivity contribution in [2.24, 2.45) is 23.7 Å². The summed E-state index contributed by atoms with van der Waals surface area (Å²) in [6.45, 7) is 12.1. The fourth-order valence-electron chi connectivity index (χ4n) is 8.73. The first-order valence-electron chi connectivity index (χ1n) is 22.3. The smallest absolute Gasteiger partial charge is 0.329 e. The van der Waals surface area contributed by atoms with E-state index < -0.39 is 85.2 Å². The number of hydrogen-bond donors (Lipinski definition) is 4. The molecule has 0 unspecified atom stereocenters. The number of ether oxygens (including phenoxy) is 3. The number of methoxy groups -OCH3 is 2. The number of aliphatic carboxylic acids is 2. The number of amides is 4. The predicted octanol–water partition coefficient (Wildman–Crippen LogP) is 2.38. The minimum absolute atomic E-state index is 0.00740. The number of carboxylic acid groups (broad SMARTS) is 2. The van der Waals surface area contributed by atoms with Crippen LogP contribution in [-0.4, -0.2) is 182 Å². The lowest BCUT2D eigenvalue weighted by Crippen LogP contribution is -2.59. The van der Waals surface area contributed by atoms with Crippen molar-refractivity contribution in [3.05, 3.63) is 35.9 Å². The summed E-state index contributed by atoms with van der Waals surface area (Å²) in [4.78, 5) is 98.4. The third kappa shape index (κ3) is 16.4. The molecule has 18 nitrogen and oxygen atoms in total. The minimum atomic E-state index is -1.24. The summed E-state index contributed by atoms with van der Waals surface area (Å²) in [7, 11) is 8.34. The van der Waals surface area contributed by atoms with Gasteiger partial charge in [0, 0.05) is 40.8 Å². The molecule has 1 aromatic rings. The summed E-state index contributed by atoms with van der Waals surface area (Å²) in [5.74, 6) is -5.70. The molecule has 1 fully saturated rings. The maximum atomic E-state index is 14.4. The topological polar surface area (TPSA) is 225 Å². The van der Waals surface area contributed by atoms with E-state index in [-0.39, 0.29) is 61.5 Å². The van der Waals surface area contributed by atoms with Crippen LogP contribution in [0.1, 0.15) is 79.7 Å². The van der Waals surface area contributed by atoms with E-state index in [2.05, 4.69) is 10.6 Å². The molecule has 1 heterocycles. The van der Waals surface area contributed by atoms with E-state index in [1.54, 1.807) is 48.0 Å². The van der Waals surface area contributed by atoms with Crippen molar-refractivity contribution in [3.63, 3.8) is 0 Å². The van der Waals surface area contributed by atoms with E-state index in [4.69, 9.17) is 14.2 Å². The summed E-state index contributed by atoms with van der Waals surface area (Å²) in [6.07, 6.45) is 0.407. The maximum absolute atomic E-state index is 14.4. The van der Waals surface area contributed by atoms with E-state index in [9.17, 15) is 43.8 Å². The molecule has 2 rings (SSSR count). The highest BCUT2D eigenvalue weighted by atomic mass is 16.5. The van der Waals surface area contributed by atoms with Gasteiger partial charge in [0.15, 0.2) is 0 Å². The van der Waals surface area contributed by atoms with Gasteiger partial charge in [-0.2, -0.15) is 0 Å². The zero-order valence-corrected chi connectivity index (χ0v) is 40.1. The van der Waals surface area contributed by atoms with Gasteiger partial charge in [-0.15, -0.1) is 0 Å². The Labute approximate surface area is 379 Å². The number of esters is 1. The number of likely N-dealkylation sites (tertiary alicyclic amines) is 1. The Morgan fingerprint density at radius 3 is 1.95 bits per heavy atom. The molecule has 1 aliphatic rings. The van der Waals surface area contributed by atoms with Crippen molar-refractivity contribution in [2.75, 3.05) is 68.1 Å². The number of benzene rings is 1. The highest BCUT2D eigenvalue weighted by Gasteiger charge is 2.43. The van der Waals surface area contributed by atoms with Crippen LogP contribution in [0.2, 0.25) is 0 Å². The van der Waals surface area contributed by atoms with Gasteiger partial charge in [-0.25, -0.2) is 4.79 Å². The van der Waals surface area contributed by atoms with Gasteiger partial charge in [-0.05, 0) is 50.3 Å². The van der Waals surface area contributed by atoms with Crippen molar-refractivity contribution < 1.29 is 58.0 Å². The second kappa shape index (κ2) is 27.0. The van der Waals surface area contributed by atoms with E-state index >= 15 is 0 Å². The number of rotatable bonds is 28. The molecule has 1 saturated heterocycles. The number of carbonyl (C=O) groups excluding carboxylic acids is 5. The Morgan fingerprint density at radius 1 is 0.844 bits per heavy atom. The standard InChI is InChI=1S/C46H76N6O12/c1-13-30(6)41(50(10)45(60)39(28(2)3)48-44(59)40(29(4)5)49(8)9)35(62-11)25-36(53)52-21-17-20-34(52)42(63-12)31(7)43(58)47-33(24-32-18-15-14-16-19-32)46(61)64-23-22-51(26-37(54)55)27-38(56)57/h14-16,18-19,28-31,33-35,39-42H,13,17,20-27H2,1-12H3,(H,47,58)(H,48,59)(H,54,55)(H,56,57)/t30-,31+,33-,34-,35+,39-,40-,41-,42+/m0/s1. The first-order chi connectivity index (χ1) is 30.1. The Morgan fingerprint density at radius 2 is 1.45 bits per heavy atom. The molecule has 0 aromatic heterocycles. The SMILES string of the molecule is CC[C@H](C)[C@@H]([C@@H](CC(=O)N1CCC[C@H]1[C@H](OC)[C@@H](C)C(=O)N[C@@H](Cc1ccccc1)C(=O)OCCN(CC(=O)O)CC(=O)O)OC)N(C)C(=O)[C@@H](NC(=O)[C@H](C(C)C)N(C)C)C(C)C. The minimum Gasteiger partial charge on any atom is -0.480 e. The highest BCUT2D eigenvalue weighted by molar-refractivity contribution is 5.90. The summed E-state index contributed by atoms with van der Waals surface area (Å²) in [5.41, 5.74) is 0.732. The van der Waals surface area contributed by atoms with Crippen LogP contribution in [0.15, 0.2) is 30.3 Å². The van der Waals surface area contributed by atoms with Crippen LogP contribution in [0, 0.1) is 23.7 Å². The zero-order valence-electron chi connectivity index (χ0n) is 40.1. The molecule has 1 aliphatic heterocycles. The quantitative estimate of drug-likeness (QED) is 0.0887. The molecule has 4 amide bonds. The maximum Gasteiger partial charge on any atom is 0.329 e. The molecule has 0 aliphatic carbocycles. The molecule has 1 aromatic carbocycles. The summed E-state index contributed by atoms with van der Waals surface area (Å²) >= 11 is 0. The third-order valence-electron chi connectivity index (χ3n) is 12.2. The predicted molar refractivity (Wildman–Crippen MR) is 240 cm³/mol. The molecule has 0 bridgehead atoms. The van der Waals surface area contributed by atoms with Gasteiger partial charge in [0.2, 0.25) is 23.6 Å². The van der Waals surface area contributed by atoms with Crippen LogP contribution in [0.5, 0.6) is 0 Å². The van der Waals surface area contributed by atoms with Gasteiger partial charge < -0.3 is 44.9 Å². The average molecular weight is 905 g/mol. The molecule has 64 heavy (non-hydrogen) atoms. The summed E-state index contributed by atoms with van der Waals surface area (Å²) in [6, 6.07) is 5.53. The van der Waals surface area contributed by atoms with Gasteiger partial charge in [0.05, 0.1) is 55.8 Å². The molecule has 0 radical (unpaired) electrons. The van der Waals surface area contributed by atoms with Crippen LogP contribution in [0.25, 0.3) is 0 Å². The molecule has 0 spiro atoms. The fraction of sp³-hybridized carbons (Fsp3) is 0.717. The van der Waals surface area contributed by atoms with Crippen molar-refractivity contribution in [1.82, 2.24) is 30.2 Å². The Kier molecular flexibility index (Phi) is 23.4. The molecule has 18 heteroatoms. The first kappa shape index (κ1) is 55.5. The van der Waals surface area contributed by atoms with Gasteiger partial charge in [-0.3, -0.25) is 38.6 Å². The Hall–Kier alpha value is -4.65. The molecular weight excluding hydrogens is 829 g/mol. The second-order valence-corrected chi connectivity index (χ2v) is 17.9. The van der Waals surface area contributed by atoms with Crippen LogP contribution >= 0.6 is 0 Å². The third-order valence-corrected chi connectivity index (χ3v) is 12.2. The lowest BCUT2D eigenvalue weighted by Gasteiger charge is -2.41. The lowest BCUT2D eigenvalue weighted by molar-refractivity contribution is -0.150. The second-order valence-electron chi connectivity index (χ2n) is 17.9. The molecular formula is C46H76N6O12. The van der Waals surface area contributed by atoms with Crippen molar-refractivity contribution in [1.29, 1.82) is 0 Å². The number of nitrogens with zero attached hydrogens (tertiary/aromatic N) is 4. The van der Waals surface area contributed by atoms with Crippen molar-refractivity contribution in [2.45, 2.75) is 123 Å². The van der Waals surface area contributed by atoms with E-state index in [0.29, 0.717) is 25.8 Å². The van der Waals surface area contributed by atoms with E-state index in [1.165, 1.54) is 14.2 Å². The summed E-state index contributed by atoms with van der Waals surface area (Å²) in [5, 5.41) is 24.2.